The molecule has 0 aliphatic rings. The summed E-state index contributed by atoms with van der Waals surface area (Å²) < 4.78 is 36.3. The van der Waals surface area contributed by atoms with E-state index < -0.39 is 28.5 Å². The van der Waals surface area contributed by atoms with E-state index in [2.05, 4.69) is 5.32 Å². The van der Waals surface area contributed by atoms with E-state index in [1.165, 1.54) is 12.0 Å². The monoisotopic (exact) mass is 477 g/mol. The lowest BCUT2D eigenvalue weighted by atomic mass is 10.1. The SMILES string of the molecule is CCNC(=O)[C@@H](C)N(Cc1ccc(OC)cc1)C(=O)CN(c1ccc(OC)cc1)S(C)(=O)=O. The van der Waals surface area contributed by atoms with Crippen LogP contribution in [-0.2, 0) is 26.2 Å². The first kappa shape index (κ1) is 26.0. The predicted molar refractivity (Wildman–Crippen MR) is 127 cm³/mol. The number of ether oxygens (including phenoxy) is 2. The van der Waals surface area contributed by atoms with Gasteiger partial charge in [0.1, 0.15) is 24.1 Å². The first-order valence-electron chi connectivity index (χ1n) is 10.4. The Balaban J connectivity index is 2.35. The minimum atomic E-state index is -3.78. The minimum Gasteiger partial charge on any atom is -0.497 e. The van der Waals surface area contributed by atoms with Gasteiger partial charge in [-0.1, -0.05) is 12.1 Å². The number of carbonyl (C=O) groups excluding carboxylic acids is 2. The zero-order valence-electron chi connectivity index (χ0n) is 19.6. The summed E-state index contributed by atoms with van der Waals surface area (Å²) in [7, 11) is -0.713. The van der Waals surface area contributed by atoms with Gasteiger partial charge < -0.3 is 19.7 Å². The maximum atomic E-state index is 13.4. The predicted octanol–water partition coefficient (Wildman–Crippen LogP) is 2.02. The van der Waals surface area contributed by atoms with Crippen LogP contribution in [0.1, 0.15) is 19.4 Å². The molecule has 0 heterocycles. The van der Waals surface area contributed by atoms with E-state index in [4.69, 9.17) is 9.47 Å². The van der Waals surface area contributed by atoms with Crippen LogP contribution in [-0.4, -0.2) is 64.7 Å². The van der Waals surface area contributed by atoms with Crippen molar-refractivity contribution in [2.75, 3.05) is 37.9 Å². The Hall–Kier alpha value is -3.27. The molecular formula is C23H31N3O6S. The van der Waals surface area contributed by atoms with Gasteiger partial charge in [0.2, 0.25) is 21.8 Å². The Labute approximate surface area is 195 Å². The van der Waals surface area contributed by atoms with Crippen LogP contribution in [0.25, 0.3) is 0 Å². The number of amides is 2. The fraction of sp³-hybridized carbons (Fsp3) is 0.391. The van der Waals surface area contributed by atoms with E-state index in [1.807, 2.05) is 0 Å². The summed E-state index contributed by atoms with van der Waals surface area (Å²) in [5.41, 5.74) is 1.09. The Morgan fingerprint density at radius 3 is 1.94 bits per heavy atom. The molecule has 0 fully saturated rings. The number of anilines is 1. The molecule has 1 atom stereocenters. The molecule has 33 heavy (non-hydrogen) atoms. The second-order valence-electron chi connectivity index (χ2n) is 7.41. The van der Waals surface area contributed by atoms with Gasteiger partial charge in [-0.15, -0.1) is 0 Å². The second-order valence-corrected chi connectivity index (χ2v) is 9.31. The normalized spacial score (nSPS) is 11.9. The number of carbonyl (C=O) groups is 2. The van der Waals surface area contributed by atoms with Gasteiger partial charge in [0.25, 0.3) is 0 Å². The highest BCUT2D eigenvalue weighted by atomic mass is 32.2. The average Bonchev–Trinajstić information content (AvgIpc) is 2.80. The molecule has 0 saturated carbocycles. The van der Waals surface area contributed by atoms with Gasteiger partial charge in [0.05, 0.1) is 26.2 Å². The fourth-order valence-corrected chi connectivity index (χ4v) is 4.04. The van der Waals surface area contributed by atoms with Crippen LogP contribution in [0.4, 0.5) is 5.69 Å². The van der Waals surface area contributed by atoms with Crippen LogP contribution in [0.2, 0.25) is 0 Å². The number of rotatable bonds is 11. The highest BCUT2D eigenvalue weighted by Gasteiger charge is 2.29. The molecule has 2 amide bonds. The van der Waals surface area contributed by atoms with E-state index in [9.17, 15) is 18.0 Å². The number of likely N-dealkylation sites (N-methyl/N-ethyl adjacent to an activating group) is 1. The highest BCUT2D eigenvalue weighted by molar-refractivity contribution is 7.92. The molecule has 10 heteroatoms. The summed E-state index contributed by atoms with van der Waals surface area (Å²) in [4.78, 5) is 27.3. The number of methoxy groups -OCH3 is 2. The lowest BCUT2D eigenvalue weighted by Gasteiger charge is -2.31. The standard InChI is InChI=1S/C23H31N3O6S/c1-6-24-23(28)17(2)25(15-18-7-11-20(31-3)12-8-18)22(27)16-26(33(5,29)30)19-9-13-21(32-4)14-10-19/h7-14,17H,6,15-16H2,1-5H3,(H,24,28)/t17-/m1/s1. The number of nitrogens with one attached hydrogen (secondary N) is 1. The number of benzene rings is 2. The lowest BCUT2D eigenvalue weighted by Crippen LogP contribution is -2.51. The van der Waals surface area contributed by atoms with Crippen LogP contribution < -0.4 is 19.1 Å². The molecule has 2 aromatic carbocycles. The largest absolute Gasteiger partial charge is 0.497 e. The average molecular weight is 478 g/mol. The first-order valence-corrected chi connectivity index (χ1v) is 12.3. The van der Waals surface area contributed by atoms with E-state index in [0.717, 1.165) is 16.1 Å². The number of hydrogen-bond acceptors (Lipinski definition) is 6. The molecular weight excluding hydrogens is 446 g/mol. The van der Waals surface area contributed by atoms with Crippen LogP contribution in [0.5, 0.6) is 11.5 Å². The van der Waals surface area contributed by atoms with Crippen molar-refractivity contribution < 1.29 is 27.5 Å². The van der Waals surface area contributed by atoms with Crippen molar-refractivity contribution in [1.29, 1.82) is 0 Å². The van der Waals surface area contributed by atoms with Gasteiger partial charge in [-0.2, -0.15) is 0 Å². The third-order valence-electron chi connectivity index (χ3n) is 5.07. The minimum absolute atomic E-state index is 0.126. The third-order valence-corrected chi connectivity index (χ3v) is 6.21. The van der Waals surface area contributed by atoms with Crippen molar-refractivity contribution >= 4 is 27.5 Å². The zero-order chi connectivity index (χ0) is 24.6. The topological polar surface area (TPSA) is 105 Å². The van der Waals surface area contributed by atoms with Crippen LogP contribution >= 0.6 is 0 Å². The van der Waals surface area contributed by atoms with E-state index in [0.29, 0.717) is 23.7 Å². The van der Waals surface area contributed by atoms with Crippen LogP contribution in [0.3, 0.4) is 0 Å². The smallest absolute Gasteiger partial charge is 0.244 e. The van der Waals surface area contributed by atoms with Gasteiger partial charge >= 0.3 is 0 Å². The second kappa shape index (κ2) is 11.6. The third kappa shape index (κ3) is 7.11. The molecule has 0 spiro atoms. The molecule has 0 unspecified atom stereocenters. The molecule has 9 nitrogen and oxygen atoms in total. The molecule has 0 bridgehead atoms. The quantitative estimate of drug-likeness (QED) is 0.531. The summed E-state index contributed by atoms with van der Waals surface area (Å²) in [6.45, 7) is 3.49. The molecule has 0 radical (unpaired) electrons. The molecule has 0 aliphatic carbocycles. The molecule has 0 saturated heterocycles. The van der Waals surface area contributed by atoms with Crippen molar-refractivity contribution in [3.63, 3.8) is 0 Å². The zero-order valence-corrected chi connectivity index (χ0v) is 20.4. The van der Waals surface area contributed by atoms with E-state index >= 15 is 0 Å². The maximum Gasteiger partial charge on any atom is 0.244 e. The number of hydrogen-bond donors (Lipinski definition) is 1. The van der Waals surface area contributed by atoms with Crippen molar-refractivity contribution in [3.05, 3.63) is 54.1 Å². The van der Waals surface area contributed by atoms with Gasteiger partial charge in [-0.05, 0) is 55.8 Å². The summed E-state index contributed by atoms with van der Waals surface area (Å²) in [6, 6.07) is 12.7. The Kier molecular flexibility index (Phi) is 9.10. The Bertz CT molecular complexity index is 1040. The Morgan fingerprint density at radius 1 is 0.970 bits per heavy atom. The fourth-order valence-electron chi connectivity index (χ4n) is 3.19. The highest BCUT2D eigenvalue weighted by Crippen LogP contribution is 2.22. The molecule has 180 valence electrons. The van der Waals surface area contributed by atoms with Crippen molar-refractivity contribution in [1.82, 2.24) is 10.2 Å². The van der Waals surface area contributed by atoms with Crippen LogP contribution in [0, 0.1) is 0 Å². The molecule has 0 aliphatic heterocycles. The molecule has 2 rings (SSSR count). The number of nitrogens with zero attached hydrogens (tertiary/aromatic N) is 2. The van der Waals surface area contributed by atoms with Gasteiger partial charge in [0, 0.05) is 13.1 Å². The van der Waals surface area contributed by atoms with Crippen molar-refractivity contribution in [2.45, 2.75) is 26.4 Å². The lowest BCUT2D eigenvalue weighted by molar-refractivity contribution is -0.139. The first-order chi connectivity index (χ1) is 15.6. The van der Waals surface area contributed by atoms with Gasteiger partial charge in [0.15, 0.2) is 0 Å². The van der Waals surface area contributed by atoms with Crippen molar-refractivity contribution in [2.24, 2.45) is 0 Å². The molecule has 2 aromatic rings. The van der Waals surface area contributed by atoms with Gasteiger partial charge in [-0.25, -0.2) is 8.42 Å². The van der Waals surface area contributed by atoms with Gasteiger partial charge in [-0.3, -0.25) is 13.9 Å². The summed E-state index contributed by atoms with van der Waals surface area (Å²) in [6.07, 6.45) is 1.03. The summed E-state index contributed by atoms with van der Waals surface area (Å²) >= 11 is 0. The molecule has 0 aromatic heterocycles. The molecule has 1 N–H and O–H groups in total. The Morgan fingerprint density at radius 2 is 1.48 bits per heavy atom. The summed E-state index contributed by atoms with van der Waals surface area (Å²) in [5, 5.41) is 2.71. The number of sulfonamides is 1. The van der Waals surface area contributed by atoms with Crippen LogP contribution in [0.15, 0.2) is 48.5 Å². The maximum absolute atomic E-state index is 13.4. The van der Waals surface area contributed by atoms with E-state index in [-0.39, 0.29) is 12.5 Å². The van der Waals surface area contributed by atoms with Crippen molar-refractivity contribution in [3.8, 4) is 11.5 Å². The summed E-state index contributed by atoms with van der Waals surface area (Å²) in [5.74, 6) is 0.390. The van der Waals surface area contributed by atoms with E-state index in [1.54, 1.807) is 69.5 Å².